The molecule has 4 rings (SSSR count). The fourth-order valence-corrected chi connectivity index (χ4v) is 4.07. The minimum atomic E-state index is 0.0745. The molecule has 0 radical (unpaired) electrons. The molecule has 0 saturated heterocycles. The molecular formula is C19H23N5S. The van der Waals surface area contributed by atoms with Crippen LogP contribution in [0.4, 0.5) is 11.8 Å². The molecular weight excluding hydrogens is 330 g/mol. The SMILES string of the molecule is Cc1nc(C(C)Nc2nc(NC3CCCC3)c3ccccc3n2)cs1. The fourth-order valence-electron chi connectivity index (χ4n) is 3.36. The van der Waals surface area contributed by atoms with Crippen LogP contribution < -0.4 is 10.6 Å². The summed E-state index contributed by atoms with van der Waals surface area (Å²) in [5, 5.41) is 11.3. The lowest BCUT2D eigenvalue weighted by Gasteiger charge is -2.17. The molecule has 3 aromatic rings. The molecule has 1 aliphatic carbocycles. The molecule has 0 amide bonds. The number of nitrogens with zero attached hydrogens (tertiary/aromatic N) is 3. The predicted molar refractivity (Wildman–Crippen MR) is 104 cm³/mol. The van der Waals surface area contributed by atoms with E-state index in [1.165, 1.54) is 25.7 Å². The molecule has 1 saturated carbocycles. The third-order valence-electron chi connectivity index (χ3n) is 4.73. The number of aromatic nitrogens is 3. The van der Waals surface area contributed by atoms with Crippen LogP contribution in [0.2, 0.25) is 0 Å². The summed E-state index contributed by atoms with van der Waals surface area (Å²) in [5.41, 5.74) is 1.99. The van der Waals surface area contributed by atoms with Crippen LogP contribution in [0.3, 0.4) is 0 Å². The van der Waals surface area contributed by atoms with Gasteiger partial charge in [0.2, 0.25) is 5.95 Å². The second-order valence-electron chi connectivity index (χ2n) is 6.70. The number of hydrogen-bond acceptors (Lipinski definition) is 6. The van der Waals surface area contributed by atoms with E-state index in [4.69, 9.17) is 9.97 Å². The van der Waals surface area contributed by atoms with Crippen LogP contribution in [-0.4, -0.2) is 21.0 Å². The van der Waals surface area contributed by atoms with Crippen molar-refractivity contribution in [1.29, 1.82) is 0 Å². The summed E-state index contributed by atoms with van der Waals surface area (Å²) in [6, 6.07) is 8.78. The molecule has 25 heavy (non-hydrogen) atoms. The van der Waals surface area contributed by atoms with Gasteiger partial charge in [0, 0.05) is 16.8 Å². The average Bonchev–Trinajstić information content (AvgIpc) is 3.26. The van der Waals surface area contributed by atoms with Gasteiger partial charge in [0.1, 0.15) is 5.82 Å². The third-order valence-corrected chi connectivity index (χ3v) is 5.52. The molecule has 130 valence electrons. The molecule has 6 heteroatoms. The highest BCUT2D eigenvalue weighted by Crippen LogP contribution is 2.28. The van der Waals surface area contributed by atoms with Gasteiger partial charge in [-0.2, -0.15) is 4.98 Å². The number of hydrogen-bond donors (Lipinski definition) is 2. The number of aryl methyl sites for hydroxylation is 1. The maximum Gasteiger partial charge on any atom is 0.225 e. The highest BCUT2D eigenvalue weighted by Gasteiger charge is 2.18. The minimum Gasteiger partial charge on any atom is -0.367 e. The average molecular weight is 353 g/mol. The van der Waals surface area contributed by atoms with Crippen molar-refractivity contribution in [2.45, 2.75) is 51.6 Å². The van der Waals surface area contributed by atoms with Crippen molar-refractivity contribution < 1.29 is 0 Å². The van der Waals surface area contributed by atoms with Crippen molar-refractivity contribution in [3.05, 3.63) is 40.3 Å². The van der Waals surface area contributed by atoms with E-state index in [1.54, 1.807) is 11.3 Å². The molecule has 0 bridgehead atoms. The van der Waals surface area contributed by atoms with Gasteiger partial charge in [0.25, 0.3) is 0 Å². The van der Waals surface area contributed by atoms with Crippen LogP contribution in [0, 0.1) is 6.92 Å². The first kappa shape index (κ1) is 16.3. The lowest BCUT2D eigenvalue weighted by atomic mass is 10.2. The summed E-state index contributed by atoms with van der Waals surface area (Å²) in [5.74, 6) is 1.58. The molecule has 1 atom stereocenters. The molecule has 0 spiro atoms. The maximum atomic E-state index is 4.78. The van der Waals surface area contributed by atoms with Crippen LogP contribution in [0.15, 0.2) is 29.6 Å². The van der Waals surface area contributed by atoms with Gasteiger partial charge in [-0.15, -0.1) is 11.3 Å². The third kappa shape index (κ3) is 3.58. The van der Waals surface area contributed by atoms with Gasteiger partial charge >= 0.3 is 0 Å². The van der Waals surface area contributed by atoms with Crippen molar-refractivity contribution in [1.82, 2.24) is 15.0 Å². The zero-order chi connectivity index (χ0) is 17.2. The number of thiazole rings is 1. The summed E-state index contributed by atoms with van der Waals surface area (Å²) in [6.45, 7) is 4.12. The number of nitrogens with one attached hydrogen (secondary N) is 2. The van der Waals surface area contributed by atoms with E-state index in [1.807, 2.05) is 25.1 Å². The van der Waals surface area contributed by atoms with Gasteiger partial charge in [0.05, 0.1) is 22.3 Å². The molecule has 1 fully saturated rings. The number of benzene rings is 1. The standard InChI is InChI=1S/C19H23N5S/c1-12(17-11-25-13(2)21-17)20-19-23-16-10-6-5-9-15(16)18(24-19)22-14-7-3-4-8-14/h5-6,9-12,14H,3-4,7-8H2,1-2H3,(H2,20,22,23,24). The summed E-state index contributed by atoms with van der Waals surface area (Å²) in [4.78, 5) is 14.0. The topological polar surface area (TPSA) is 62.7 Å². The highest BCUT2D eigenvalue weighted by atomic mass is 32.1. The Morgan fingerprint density at radius 3 is 2.68 bits per heavy atom. The molecule has 0 aliphatic heterocycles. The fraction of sp³-hybridized carbons (Fsp3) is 0.421. The van der Waals surface area contributed by atoms with E-state index in [9.17, 15) is 0 Å². The predicted octanol–water partition coefficient (Wildman–Crippen LogP) is 4.92. The highest BCUT2D eigenvalue weighted by molar-refractivity contribution is 7.09. The molecule has 1 aliphatic rings. The van der Waals surface area contributed by atoms with E-state index in [2.05, 4.69) is 34.0 Å². The number of anilines is 2. The summed E-state index contributed by atoms with van der Waals surface area (Å²) < 4.78 is 0. The Hall–Kier alpha value is -2.21. The Morgan fingerprint density at radius 2 is 1.92 bits per heavy atom. The minimum absolute atomic E-state index is 0.0745. The second kappa shape index (κ2) is 6.96. The summed E-state index contributed by atoms with van der Waals surface area (Å²) >= 11 is 1.67. The zero-order valence-electron chi connectivity index (χ0n) is 14.6. The van der Waals surface area contributed by atoms with E-state index >= 15 is 0 Å². The van der Waals surface area contributed by atoms with Crippen molar-refractivity contribution >= 4 is 34.0 Å². The first-order valence-corrected chi connectivity index (χ1v) is 9.79. The van der Waals surface area contributed by atoms with Gasteiger partial charge in [-0.3, -0.25) is 0 Å². The van der Waals surface area contributed by atoms with Crippen molar-refractivity contribution in [2.24, 2.45) is 0 Å². The van der Waals surface area contributed by atoms with Crippen molar-refractivity contribution in [2.75, 3.05) is 10.6 Å². The van der Waals surface area contributed by atoms with Crippen LogP contribution in [0.25, 0.3) is 10.9 Å². The zero-order valence-corrected chi connectivity index (χ0v) is 15.4. The molecule has 2 aromatic heterocycles. The Morgan fingerprint density at radius 1 is 1.12 bits per heavy atom. The van der Waals surface area contributed by atoms with Crippen LogP contribution in [0.5, 0.6) is 0 Å². The Labute approximate surface area is 151 Å². The van der Waals surface area contributed by atoms with E-state index in [0.29, 0.717) is 12.0 Å². The maximum absolute atomic E-state index is 4.78. The van der Waals surface area contributed by atoms with E-state index in [0.717, 1.165) is 27.4 Å². The van der Waals surface area contributed by atoms with Gasteiger partial charge < -0.3 is 10.6 Å². The van der Waals surface area contributed by atoms with E-state index < -0.39 is 0 Å². The Bertz CT molecular complexity index is 869. The normalized spacial score (nSPS) is 16.2. The summed E-state index contributed by atoms with van der Waals surface area (Å²) in [6.07, 6.45) is 5.03. The first-order valence-electron chi connectivity index (χ1n) is 8.91. The Kier molecular flexibility index (Phi) is 4.53. The molecule has 2 heterocycles. The van der Waals surface area contributed by atoms with Gasteiger partial charge in [-0.25, -0.2) is 9.97 Å². The van der Waals surface area contributed by atoms with E-state index in [-0.39, 0.29) is 6.04 Å². The molecule has 1 aromatic carbocycles. The van der Waals surface area contributed by atoms with Gasteiger partial charge in [-0.1, -0.05) is 25.0 Å². The van der Waals surface area contributed by atoms with Gasteiger partial charge in [-0.05, 0) is 38.8 Å². The molecule has 2 N–H and O–H groups in total. The van der Waals surface area contributed by atoms with Crippen molar-refractivity contribution in [3.63, 3.8) is 0 Å². The smallest absolute Gasteiger partial charge is 0.225 e. The number of rotatable bonds is 5. The number of para-hydroxylation sites is 1. The molecule has 1 unspecified atom stereocenters. The van der Waals surface area contributed by atoms with Crippen molar-refractivity contribution in [3.8, 4) is 0 Å². The lowest BCUT2D eigenvalue weighted by molar-refractivity contribution is 0.750. The first-order chi connectivity index (χ1) is 12.2. The lowest BCUT2D eigenvalue weighted by Crippen LogP contribution is -2.17. The van der Waals surface area contributed by atoms with Gasteiger partial charge in [0.15, 0.2) is 0 Å². The monoisotopic (exact) mass is 353 g/mol. The quantitative estimate of drug-likeness (QED) is 0.681. The number of fused-ring (bicyclic) bond motifs is 1. The molecule has 5 nitrogen and oxygen atoms in total. The van der Waals surface area contributed by atoms with Crippen LogP contribution >= 0.6 is 11.3 Å². The second-order valence-corrected chi connectivity index (χ2v) is 7.76. The largest absolute Gasteiger partial charge is 0.367 e. The summed E-state index contributed by atoms with van der Waals surface area (Å²) in [7, 11) is 0. The van der Waals surface area contributed by atoms with Crippen LogP contribution in [0.1, 0.15) is 49.4 Å². The Balaban J connectivity index is 1.64. The van der Waals surface area contributed by atoms with Crippen LogP contribution in [-0.2, 0) is 0 Å².